The lowest BCUT2D eigenvalue weighted by molar-refractivity contribution is -0.895. The molecule has 0 radical (unpaired) electrons. The van der Waals surface area contributed by atoms with Crippen LogP contribution in [0.4, 0.5) is 0 Å². The molecule has 0 saturated heterocycles. The SMILES string of the molecule is Cc1cccc[n+]1OCCCC(C)C. The van der Waals surface area contributed by atoms with Gasteiger partial charge in [0.1, 0.15) is 0 Å². The molecule has 0 amide bonds. The first-order valence-corrected chi connectivity index (χ1v) is 5.30. The average Bonchev–Trinajstić information content (AvgIpc) is 2.15. The molecular weight excluding hydrogens is 174 g/mol. The van der Waals surface area contributed by atoms with E-state index in [0.29, 0.717) is 0 Å². The molecule has 78 valence electrons. The Hall–Kier alpha value is -1.05. The third kappa shape index (κ3) is 3.77. The maximum Gasteiger partial charge on any atom is 0.231 e. The molecule has 1 rings (SSSR count). The number of rotatable bonds is 5. The second kappa shape index (κ2) is 5.63. The number of aromatic nitrogens is 1. The molecule has 0 aromatic carbocycles. The minimum Gasteiger partial charge on any atom is -0.271 e. The van der Waals surface area contributed by atoms with Crippen LogP contribution in [0.1, 0.15) is 32.4 Å². The van der Waals surface area contributed by atoms with E-state index in [2.05, 4.69) is 13.8 Å². The molecule has 2 heteroatoms. The van der Waals surface area contributed by atoms with Crippen molar-refractivity contribution >= 4 is 0 Å². The monoisotopic (exact) mass is 194 g/mol. The van der Waals surface area contributed by atoms with Crippen LogP contribution in [0.15, 0.2) is 24.4 Å². The van der Waals surface area contributed by atoms with Crippen LogP contribution in [-0.4, -0.2) is 6.61 Å². The fraction of sp³-hybridized carbons (Fsp3) is 0.583. The highest BCUT2D eigenvalue weighted by Crippen LogP contribution is 2.01. The van der Waals surface area contributed by atoms with Crippen LogP contribution < -0.4 is 9.57 Å². The summed E-state index contributed by atoms with van der Waals surface area (Å²) in [7, 11) is 0. The zero-order valence-electron chi connectivity index (χ0n) is 9.36. The first kappa shape index (κ1) is 11.0. The normalized spacial score (nSPS) is 10.6. The van der Waals surface area contributed by atoms with Gasteiger partial charge in [-0.25, -0.2) is 0 Å². The molecule has 14 heavy (non-hydrogen) atoms. The van der Waals surface area contributed by atoms with Gasteiger partial charge in [0.15, 0.2) is 6.61 Å². The number of aryl methyl sites for hydroxylation is 1. The lowest BCUT2D eigenvalue weighted by atomic mass is 10.1. The first-order chi connectivity index (χ1) is 6.70. The zero-order chi connectivity index (χ0) is 10.4. The summed E-state index contributed by atoms with van der Waals surface area (Å²) < 4.78 is 1.83. The Morgan fingerprint density at radius 1 is 1.36 bits per heavy atom. The van der Waals surface area contributed by atoms with Crippen molar-refractivity contribution < 1.29 is 9.57 Å². The van der Waals surface area contributed by atoms with Crippen molar-refractivity contribution in [1.29, 1.82) is 0 Å². The highest BCUT2D eigenvalue weighted by atomic mass is 16.7. The van der Waals surface area contributed by atoms with Gasteiger partial charge in [0.05, 0.1) is 0 Å². The number of pyridine rings is 1. The molecule has 0 bridgehead atoms. The summed E-state index contributed by atoms with van der Waals surface area (Å²) in [5, 5.41) is 0. The van der Waals surface area contributed by atoms with Crippen molar-refractivity contribution in [2.24, 2.45) is 5.92 Å². The zero-order valence-corrected chi connectivity index (χ0v) is 9.36. The third-order valence-corrected chi connectivity index (χ3v) is 2.17. The highest BCUT2D eigenvalue weighted by molar-refractivity contribution is 4.93. The Bertz CT molecular complexity index is 271. The van der Waals surface area contributed by atoms with E-state index in [9.17, 15) is 0 Å². The average molecular weight is 194 g/mol. The Kier molecular flexibility index (Phi) is 4.44. The smallest absolute Gasteiger partial charge is 0.231 e. The van der Waals surface area contributed by atoms with E-state index in [0.717, 1.165) is 24.6 Å². The Labute approximate surface area is 86.5 Å². The number of hydrogen-bond donors (Lipinski definition) is 0. The molecule has 0 aliphatic rings. The van der Waals surface area contributed by atoms with Crippen molar-refractivity contribution in [2.75, 3.05) is 6.61 Å². The second-order valence-electron chi connectivity index (χ2n) is 4.04. The van der Waals surface area contributed by atoms with Crippen molar-refractivity contribution in [3.8, 4) is 0 Å². The molecule has 2 nitrogen and oxygen atoms in total. The van der Waals surface area contributed by atoms with Crippen LogP contribution in [0.5, 0.6) is 0 Å². The van der Waals surface area contributed by atoms with Crippen LogP contribution >= 0.6 is 0 Å². The predicted molar refractivity (Wildman–Crippen MR) is 56.9 cm³/mol. The summed E-state index contributed by atoms with van der Waals surface area (Å²) in [6.07, 6.45) is 4.30. The van der Waals surface area contributed by atoms with E-state index >= 15 is 0 Å². The summed E-state index contributed by atoms with van der Waals surface area (Å²) in [4.78, 5) is 5.60. The van der Waals surface area contributed by atoms with E-state index in [1.54, 1.807) is 0 Å². The largest absolute Gasteiger partial charge is 0.271 e. The van der Waals surface area contributed by atoms with Gasteiger partial charge >= 0.3 is 0 Å². The fourth-order valence-corrected chi connectivity index (χ4v) is 1.31. The summed E-state index contributed by atoms with van der Waals surface area (Å²) in [6.45, 7) is 7.32. The maximum absolute atomic E-state index is 5.60. The standard InChI is InChI=1S/C12H20NO/c1-11(2)7-6-10-14-13-9-5-4-8-12(13)3/h4-5,8-9,11H,6-7,10H2,1-3H3/q+1. The lowest BCUT2D eigenvalue weighted by Gasteiger charge is -2.03. The van der Waals surface area contributed by atoms with E-state index in [1.165, 1.54) is 6.42 Å². The van der Waals surface area contributed by atoms with Gasteiger partial charge in [-0.3, -0.25) is 4.84 Å². The second-order valence-corrected chi connectivity index (χ2v) is 4.04. The summed E-state index contributed by atoms with van der Waals surface area (Å²) >= 11 is 0. The maximum atomic E-state index is 5.60. The summed E-state index contributed by atoms with van der Waals surface area (Å²) in [6, 6.07) is 6.04. The van der Waals surface area contributed by atoms with Gasteiger partial charge in [0.2, 0.25) is 11.9 Å². The molecule has 0 N–H and O–H groups in total. The van der Waals surface area contributed by atoms with Crippen LogP contribution in [0.2, 0.25) is 0 Å². The van der Waals surface area contributed by atoms with Gasteiger partial charge < -0.3 is 0 Å². The first-order valence-electron chi connectivity index (χ1n) is 5.30. The van der Waals surface area contributed by atoms with Gasteiger partial charge in [-0.1, -0.05) is 13.8 Å². The van der Waals surface area contributed by atoms with E-state index in [4.69, 9.17) is 4.84 Å². The third-order valence-electron chi connectivity index (χ3n) is 2.17. The van der Waals surface area contributed by atoms with Crippen molar-refractivity contribution in [3.63, 3.8) is 0 Å². The summed E-state index contributed by atoms with van der Waals surface area (Å²) in [5.41, 5.74) is 1.14. The van der Waals surface area contributed by atoms with Crippen LogP contribution in [0.25, 0.3) is 0 Å². The topological polar surface area (TPSA) is 13.1 Å². The van der Waals surface area contributed by atoms with Crippen LogP contribution in [0.3, 0.4) is 0 Å². The van der Waals surface area contributed by atoms with E-state index < -0.39 is 0 Å². The van der Waals surface area contributed by atoms with Crippen molar-refractivity contribution in [2.45, 2.75) is 33.6 Å². The molecule has 0 unspecified atom stereocenters. The van der Waals surface area contributed by atoms with E-state index in [-0.39, 0.29) is 0 Å². The van der Waals surface area contributed by atoms with Crippen LogP contribution in [-0.2, 0) is 0 Å². The quantitative estimate of drug-likeness (QED) is 0.517. The summed E-state index contributed by atoms with van der Waals surface area (Å²) in [5.74, 6) is 0.764. The van der Waals surface area contributed by atoms with Crippen LogP contribution in [0, 0.1) is 12.8 Å². The minimum atomic E-state index is 0.764. The van der Waals surface area contributed by atoms with Gasteiger partial charge in [-0.15, -0.1) is 0 Å². The van der Waals surface area contributed by atoms with Gasteiger partial charge in [0, 0.05) is 23.8 Å². The number of hydrogen-bond acceptors (Lipinski definition) is 1. The molecule has 0 aliphatic carbocycles. The molecule has 0 atom stereocenters. The molecule has 0 aliphatic heterocycles. The van der Waals surface area contributed by atoms with Crippen molar-refractivity contribution in [1.82, 2.24) is 0 Å². The molecule has 0 spiro atoms. The van der Waals surface area contributed by atoms with E-state index in [1.807, 2.05) is 36.1 Å². The Balaban J connectivity index is 2.28. The molecule has 1 aromatic rings. The fourth-order valence-electron chi connectivity index (χ4n) is 1.31. The molecule has 1 aromatic heterocycles. The molecule has 0 saturated carbocycles. The van der Waals surface area contributed by atoms with Crippen molar-refractivity contribution in [3.05, 3.63) is 30.1 Å². The van der Waals surface area contributed by atoms with Gasteiger partial charge in [0.25, 0.3) is 0 Å². The minimum absolute atomic E-state index is 0.764. The van der Waals surface area contributed by atoms with Gasteiger partial charge in [-0.2, -0.15) is 0 Å². The molecule has 1 heterocycles. The van der Waals surface area contributed by atoms with Gasteiger partial charge in [-0.05, 0) is 24.8 Å². The Morgan fingerprint density at radius 3 is 2.79 bits per heavy atom. The molecular formula is C12H20NO+. The lowest BCUT2D eigenvalue weighted by Crippen LogP contribution is -2.45. The Morgan fingerprint density at radius 2 is 2.14 bits per heavy atom. The molecule has 0 fully saturated rings. The predicted octanol–water partition coefficient (Wildman–Crippen LogP) is 2.15. The highest BCUT2D eigenvalue weighted by Gasteiger charge is 2.05. The number of nitrogens with zero attached hydrogens (tertiary/aromatic N) is 1.